The minimum absolute atomic E-state index is 0.255. The van der Waals surface area contributed by atoms with Gasteiger partial charge >= 0.3 is 6.03 Å². The summed E-state index contributed by atoms with van der Waals surface area (Å²) in [4.78, 5) is 13.4. The summed E-state index contributed by atoms with van der Waals surface area (Å²) in [6.07, 6.45) is 1.57. The van der Waals surface area contributed by atoms with Crippen LogP contribution in [0.2, 0.25) is 10.0 Å². The molecule has 4 nitrogen and oxygen atoms in total. The number of furan rings is 1. The van der Waals surface area contributed by atoms with Crippen LogP contribution < -0.4 is 5.32 Å². The Morgan fingerprint density at radius 2 is 2.11 bits per heavy atom. The molecule has 2 rings (SSSR count). The molecule has 0 aliphatic rings. The minimum atomic E-state index is -0.255. The van der Waals surface area contributed by atoms with Gasteiger partial charge in [0, 0.05) is 12.7 Å². The highest BCUT2D eigenvalue weighted by Crippen LogP contribution is 2.25. The third-order valence-electron chi connectivity index (χ3n) is 2.49. The van der Waals surface area contributed by atoms with Crippen molar-refractivity contribution in [2.45, 2.75) is 6.54 Å². The van der Waals surface area contributed by atoms with Gasteiger partial charge in [0.2, 0.25) is 0 Å². The number of rotatable bonds is 3. The number of nitrogens with zero attached hydrogens (tertiary/aromatic N) is 1. The van der Waals surface area contributed by atoms with Crippen LogP contribution in [0.25, 0.3) is 0 Å². The standard InChI is InChI=1S/C13H12Cl2N2O2/c1-17(8-10-3-2-6-19-10)13(18)16-9-4-5-11(14)12(15)7-9/h2-7H,8H2,1H3,(H,16,18). The topological polar surface area (TPSA) is 45.5 Å². The van der Waals surface area contributed by atoms with Crippen molar-refractivity contribution in [3.05, 3.63) is 52.4 Å². The number of carbonyl (C=O) groups is 1. The van der Waals surface area contributed by atoms with Crippen LogP contribution in [-0.2, 0) is 6.54 Å². The molecule has 100 valence electrons. The van der Waals surface area contributed by atoms with Crippen LogP contribution in [0, 0.1) is 0 Å². The van der Waals surface area contributed by atoms with Crippen molar-refractivity contribution < 1.29 is 9.21 Å². The number of amides is 2. The summed E-state index contributed by atoms with van der Waals surface area (Å²) in [6.45, 7) is 0.389. The van der Waals surface area contributed by atoms with E-state index in [4.69, 9.17) is 27.6 Å². The molecule has 0 radical (unpaired) electrons. The van der Waals surface area contributed by atoms with E-state index in [-0.39, 0.29) is 6.03 Å². The summed E-state index contributed by atoms with van der Waals surface area (Å²) in [5.41, 5.74) is 0.589. The Labute approximate surface area is 120 Å². The SMILES string of the molecule is CN(Cc1ccco1)C(=O)Nc1ccc(Cl)c(Cl)c1. The molecular formula is C13H12Cl2N2O2. The lowest BCUT2D eigenvalue weighted by Gasteiger charge is -2.16. The van der Waals surface area contributed by atoms with Crippen LogP contribution in [0.1, 0.15) is 5.76 Å². The van der Waals surface area contributed by atoms with Crippen molar-refractivity contribution in [1.82, 2.24) is 4.90 Å². The Balaban J connectivity index is 1.98. The summed E-state index contributed by atoms with van der Waals surface area (Å²) in [6, 6.07) is 8.25. The lowest BCUT2D eigenvalue weighted by molar-refractivity contribution is 0.217. The highest BCUT2D eigenvalue weighted by Gasteiger charge is 2.11. The first-order chi connectivity index (χ1) is 9.06. The summed E-state index contributed by atoms with van der Waals surface area (Å²) >= 11 is 11.7. The maximum absolute atomic E-state index is 11.9. The van der Waals surface area contributed by atoms with Gasteiger partial charge in [-0.15, -0.1) is 0 Å². The van der Waals surface area contributed by atoms with Crippen molar-refractivity contribution in [1.29, 1.82) is 0 Å². The zero-order valence-electron chi connectivity index (χ0n) is 10.2. The molecule has 19 heavy (non-hydrogen) atoms. The Kier molecular flexibility index (Phi) is 4.35. The molecule has 2 amide bonds. The molecule has 0 atom stereocenters. The Morgan fingerprint density at radius 1 is 1.32 bits per heavy atom. The quantitative estimate of drug-likeness (QED) is 0.920. The number of urea groups is 1. The second-order valence-corrected chi connectivity index (χ2v) is 4.81. The van der Waals surface area contributed by atoms with Gasteiger partial charge < -0.3 is 14.6 Å². The van der Waals surface area contributed by atoms with E-state index in [0.717, 1.165) is 0 Å². The van der Waals surface area contributed by atoms with E-state index < -0.39 is 0 Å². The van der Waals surface area contributed by atoms with Gasteiger partial charge in [0.15, 0.2) is 0 Å². The molecule has 0 saturated carbocycles. The van der Waals surface area contributed by atoms with Crippen LogP contribution in [0.5, 0.6) is 0 Å². The summed E-state index contributed by atoms with van der Waals surface area (Å²) in [5, 5.41) is 3.57. The number of halogens is 2. The summed E-state index contributed by atoms with van der Waals surface area (Å²) < 4.78 is 5.18. The number of nitrogens with one attached hydrogen (secondary N) is 1. The molecule has 1 aromatic heterocycles. The largest absolute Gasteiger partial charge is 0.467 e. The zero-order chi connectivity index (χ0) is 13.8. The molecule has 0 unspecified atom stereocenters. The molecule has 1 N–H and O–H groups in total. The number of anilines is 1. The maximum Gasteiger partial charge on any atom is 0.321 e. The predicted octanol–water partition coefficient (Wildman–Crippen LogP) is 4.25. The third-order valence-corrected chi connectivity index (χ3v) is 3.23. The van der Waals surface area contributed by atoms with Crippen LogP contribution in [0.15, 0.2) is 41.0 Å². The van der Waals surface area contributed by atoms with Gasteiger partial charge in [0.05, 0.1) is 22.9 Å². The van der Waals surface area contributed by atoms with Gasteiger partial charge in [-0.05, 0) is 30.3 Å². The van der Waals surface area contributed by atoms with Gasteiger partial charge in [0.25, 0.3) is 0 Å². The van der Waals surface area contributed by atoms with E-state index in [1.165, 1.54) is 4.90 Å². The first kappa shape index (κ1) is 13.8. The van der Waals surface area contributed by atoms with E-state index in [1.807, 2.05) is 6.07 Å². The normalized spacial score (nSPS) is 10.3. The highest BCUT2D eigenvalue weighted by atomic mass is 35.5. The van der Waals surface area contributed by atoms with Crippen LogP contribution in [0.4, 0.5) is 10.5 Å². The van der Waals surface area contributed by atoms with Crippen LogP contribution in [0.3, 0.4) is 0 Å². The van der Waals surface area contributed by atoms with E-state index in [1.54, 1.807) is 37.6 Å². The van der Waals surface area contributed by atoms with E-state index >= 15 is 0 Å². The fraction of sp³-hybridized carbons (Fsp3) is 0.154. The highest BCUT2D eigenvalue weighted by molar-refractivity contribution is 6.42. The van der Waals surface area contributed by atoms with Gasteiger partial charge in [-0.2, -0.15) is 0 Å². The average Bonchev–Trinajstić information content (AvgIpc) is 2.86. The average molecular weight is 299 g/mol. The van der Waals surface area contributed by atoms with E-state index in [2.05, 4.69) is 5.32 Å². The Bertz CT molecular complexity index is 570. The smallest absolute Gasteiger partial charge is 0.321 e. The molecule has 1 heterocycles. The molecule has 0 bridgehead atoms. The molecule has 0 aliphatic heterocycles. The van der Waals surface area contributed by atoms with Crippen molar-refractivity contribution in [2.75, 3.05) is 12.4 Å². The summed E-state index contributed by atoms with van der Waals surface area (Å²) in [7, 11) is 1.68. The first-order valence-electron chi connectivity index (χ1n) is 5.56. The van der Waals surface area contributed by atoms with Crippen LogP contribution >= 0.6 is 23.2 Å². The Morgan fingerprint density at radius 3 is 2.74 bits per heavy atom. The number of benzene rings is 1. The minimum Gasteiger partial charge on any atom is -0.467 e. The molecule has 0 fully saturated rings. The second kappa shape index (κ2) is 5.99. The monoisotopic (exact) mass is 298 g/mol. The first-order valence-corrected chi connectivity index (χ1v) is 6.31. The van der Waals surface area contributed by atoms with Crippen molar-refractivity contribution in [3.63, 3.8) is 0 Å². The molecule has 0 saturated heterocycles. The van der Waals surface area contributed by atoms with Gasteiger partial charge in [0.1, 0.15) is 5.76 Å². The molecule has 2 aromatic rings. The van der Waals surface area contributed by atoms with Gasteiger partial charge in [-0.3, -0.25) is 0 Å². The number of hydrogen-bond donors (Lipinski definition) is 1. The number of hydrogen-bond acceptors (Lipinski definition) is 2. The maximum atomic E-state index is 11.9. The van der Waals surface area contributed by atoms with E-state index in [9.17, 15) is 4.79 Å². The van der Waals surface area contributed by atoms with Crippen LogP contribution in [-0.4, -0.2) is 18.0 Å². The third kappa shape index (κ3) is 3.66. The molecule has 1 aromatic carbocycles. The van der Waals surface area contributed by atoms with Crippen molar-refractivity contribution in [2.24, 2.45) is 0 Å². The van der Waals surface area contributed by atoms with Crippen molar-refractivity contribution >= 4 is 34.9 Å². The number of carbonyl (C=O) groups excluding carboxylic acids is 1. The predicted molar refractivity (Wildman–Crippen MR) is 75.7 cm³/mol. The zero-order valence-corrected chi connectivity index (χ0v) is 11.7. The van der Waals surface area contributed by atoms with E-state index in [0.29, 0.717) is 28.0 Å². The lowest BCUT2D eigenvalue weighted by Crippen LogP contribution is -2.30. The molecule has 0 spiro atoms. The molecule has 0 aliphatic carbocycles. The Hall–Kier alpha value is -1.65. The fourth-order valence-electron chi connectivity index (χ4n) is 1.50. The van der Waals surface area contributed by atoms with Gasteiger partial charge in [-0.1, -0.05) is 23.2 Å². The molecule has 6 heteroatoms. The van der Waals surface area contributed by atoms with Crippen molar-refractivity contribution in [3.8, 4) is 0 Å². The second-order valence-electron chi connectivity index (χ2n) is 3.99. The van der Waals surface area contributed by atoms with Gasteiger partial charge in [-0.25, -0.2) is 4.79 Å². The lowest BCUT2D eigenvalue weighted by atomic mass is 10.3. The summed E-state index contributed by atoms with van der Waals surface area (Å²) in [5.74, 6) is 0.715. The molecular weight excluding hydrogens is 287 g/mol. The fourth-order valence-corrected chi connectivity index (χ4v) is 1.80.